The summed E-state index contributed by atoms with van der Waals surface area (Å²) in [5.41, 5.74) is 11.3. The molecule has 0 radical (unpaired) electrons. The smallest absolute Gasteiger partial charge is 0.0979 e. The molecule has 0 fully saturated rings. The van der Waals surface area contributed by atoms with Crippen LogP contribution in [0.2, 0.25) is 0 Å². The quantitative estimate of drug-likeness (QED) is 0.832. The molecule has 0 aromatic heterocycles. The molecule has 2 rings (SSSR count). The molecule has 0 spiro atoms. The first-order valence-electron chi connectivity index (χ1n) is 7.80. The molecule has 3 N–H and O–H groups in total. The lowest BCUT2D eigenvalue weighted by molar-refractivity contribution is 0.623. The van der Waals surface area contributed by atoms with Crippen LogP contribution in [0.5, 0.6) is 0 Å². The fraction of sp³-hybridized carbons (Fsp3) is 0.368. The summed E-state index contributed by atoms with van der Waals surface area (Å²) in [6.45, 7) is 10.1. The van der Waals surface area contributed by atoms with E-state index in [1.54, 1.807) is 0 Å². The van der Waals surface area contributed by atoms with Gasteiger partial charge in [-0.3, -0.25) is 0 Å². The highest BCUT2D eigenvalue weighted by atomic mass is 32.2. The van der Waals surface area contributed by atoms with E-state index in [-0.39, 0.29) is 10.8 Å². The van der Waals surface area contributed by atoms with Gasteiger partial charge in [0.25, 0.3) is 0 Å². The molecular weight excluding hydrogens is 304 g/mol. The van der Waals surface area contributed by atoms with Gasteiger partial charge in [0.2, 0.25) is 0 Å². The van der Waals surface area contributed by atoms with Gasteiger partial charge >= 0.3 is 0 Å². The van der Waals surface area contributed by atoms with E-state index >= 15 is 0 Å². The second-order valence-corrected chi connectivity index (χ2v) is 8.86. The minimum atomic E-state index is -1.20. The highest BCUT2D eigenvalue weighted by Gasteiger charge is 2.27. The molecule has 2 atom stereocenters. The van der Waals surface area contributed by atoms with E-state index in [0.29, 0.717) is 5.69 Å². The Balaban J connectivity index is 2.57. The maximum atomic E-state index is 12.7. The largest absolute Gasteiger partial charge is 0.398 e. The lowest BCUT2D eigenvalue weighted by atomic mass is 9.91. The van der Waals surface area contributed by atoms with Crippen molar-refractivity contribution in [2.45, 2.75) is 45.4 Å². The Labute approximate surface area is 141 Å². The third kappa shape index (κ3) is 4.01. The van der Waals surface area contributed by atoms with Crippen molar-refractivity contribution in [2.75, 3.05) is 5.73 Å². The SMILES string of the molecule is Cc1cccc(C)c1[C@@H](N[S@](=O)C(C)(C)C)c1ccccc1N. The molecule has 4 heteroatoms. The zero-order valence-corrected chi connectivity index (χ0v) is 15.3. The van der Waals surface area contributed by atoms with E-state index in [9.17, 15) is 4.21 Å². The summed E-state index contributed by atoms with van der Waals surface area (Å²) in [5.74, 6) is 0. The maximum absolute atomic E-state index is 12.7. The van der Waals surface area contributed by atoms with Gasteiger partial charge in [0.05, 0.1) is 21.8 Å². The van der Waals surface area contributed by atoms with E-state index < -0.39 is 11.0 Å². The molecule has 23 heavy (non-hydrogen) atoms. The third-order valence-electron chi connectivity index (χ3n) is 3.92. The summed E-state index contributed by atoms with van der Waals surface area (Å²) in [4.78, 5) is 0. The number of aryl methyl sites for hydroxylation is 2. The number of para-hydroxylation sites is 1. The molecule has 3 nitrogen and oxygen atoms in total. The van der Waals surface area contributed by atoms with Crippen molar-refractivity contribution in [3.63, 3.8) is 0 Å². The first-order chi connectivity index (χ1) is 10.7. The molecule has 2 aromatic rings. The normalized spacial score (nSPS) is 14.5. The van der Waals surface area contributed by atoms with Crippen LogP contribution in [0.1, 0.15) is 49.1 Å². The summed E-state index contributed by atoms with van der Waals surface area (Å²) in [5, 5.41) is 0. The van der Waals surface area contributed by atoms with Gasteiger partial charge in [-0.05, 0) is 62.9 Å². The summed E-state index contributed by atoms with van der Waals surface area (Å²) in [6, 6.07) is 13.8. The van der Waals surface area contributed by atoms with Crippen LogP contribution in [-0.2, 0) is 11.0 Å². The van der Waals surface area contributed by atoms with Crippen molar-refractivity contribution in [2.24, 2.45) is 0 Å². The van der Waals surface area contributed by atoms with Crippen LogP contribution >= 0.6 is 0 Å². The van der Waals surface area contributed by atoms with Crippen molar-refractivity contribution in [1.82, 2.24) is 4.72 Å². The Bertz CT molecular complexity index is 699. The molecule has 0 aliphatic heterocycles. The number of anilines is 1. The summed E-state index contributed by atoms with van der Waals surface area (Å²) >= 11 is 0. The molecule has 0 aliphatic rings. The molecule has 124 valence electrons. The number of nitrogens with two attached hydrogens (primary N) is 1. The Morgan fingerprint density at radius 3 is 2.09 bits per heavy atom. The Hall–Kier alpha value is -1.65. The van der Waals surface area contributed by atoms with Crippen molar-refractivity contribution >= 4 is 16.7 Å². The summed E-state index contributed by atoms with van der Waals surface area (Å²) in [7, 11) is -1.20. The zero-order valence-electron chi connectivity index (χ0n) is 14.5. The molecule has 0 amide bonds. The number of hydrogen-bond donors (Lipinski definition) is 2. The monoisotopic (exact) mass is 330 g/mol. The summed E-state index contributed by atoms with van der Waals surface area (Å²) in [6.07, 6.45) is 0. The molecule has 0 bridgehead atoms. The number of benzene rings is 2. The number of nitrogen functional groups attached to an aromatic ring is 1. The van der Waals surface area contributed by atoms with Crippen LogP contribution in [-0.4, -0.2) is 8.96 Å². The van der Waals surface area contributed by atoms with Crippen LogP contribution in [0.15, 0.2) is 42.5 Å². The number of rotatable bonds is 4. The molecule has 2 aromatic carbocycles. The van der Waals surface area contributed by atoms with Gasteiger partial charge in [-0.15, -0.1) is 0 Å². The maximum Gasteiger partial charge on any atom is 0.0979 e. The molecular formula is C19H26N2OS. The van der Waals surface area contributed by atoms with Crippen LogP contribution in [0.4, 0.5) is 5.69 Å². The van der Waals surface area contributed by atoms with Gasteiger partial charge in [0, 0.05) is 5.69 Å². The predicted octanol–water partition coefficient (Wildman–Crippen LogP) is 4.03. The molecule has 0 unspecified atom stereocenters. The standard InChI is InChI=1S/C19H26N2OS/c1-13-9-8-10-14(2)17(13)18(21-23(22)19(3,4)5)15-11-6-7-12-16(15)20/h6-12,18,21H,20H2,1-5H3/t18-,23+/m0/s1. The van der Waals surface area contributed by atoms with E-state index in [1.165, 1.54) is 0 Å². The van der Waals surface area contributed by atoms with Crippen molar-refractivity contribution in [3.8, 4) is 0 Å². The topological polar surface area (TPSA) is 55.1 Å². The van der Waals surface area contributed by atoms with Gasteiger partial charge in [0.15, 0.2) is 0 Å². The van der Waals surface area contributed by atoms with E-state index in [0.717, 1.165) is 22.3 Å². The van der Waals surface area contributed by atoms with Crippen LogP contribution in [0.25, 0.3) is 0 Å². The average Bonchev–Trinajstić information content (AvgIpc) is 2.45. The van der Waals surface area contributed by atoms with Gasteiger partial charge in [-0.25, -0.2) is 8.93 Å². The van der Waals surface area contributed by atoms with E-state index in [4.69, 9.17) is 5.73 Å². The second-order valence-electron chi connectivity index (χ2n) is 6.87. The Morgan fingerprint density at radius 2 is 1.57 bits per heavy atom. The minimum Gasteiger partial charge on any atom is -0.398 e. The fourth-order valence-corrected chi connectivity index (χ4v) is 3.43. The average molecular weight is 330 g/mol. The third-order valence-corrected chi connectivity index (χ3v) is 5.48. The fourth-order valence-electron chi connectivity index (χ4n) is 2.62. The van der Waals surface area contributed by atoms with E-state index in [1.807, 2.05) is 51.1 Å². The second kappa shape index (κ2) is 6.85. The van der Waals surface area contributed by atoms with Crippen LogP contribution in [0, 0.1) is 13.8 Å². The number of hydrogen-bond acceptors (Lipinski definition) is 2. The molecule has 0 aliphatic carbocycles. The lowest BCUT2D eigenvalue weighted by Crippen LogP contribution is -2.37. The van der Waals surface area contributed by atoms with Gasteiger partial charge < -0.3 is 5.73 Å². The van der Waals surface area contributed by atoms with Gasteiger partial charge in [0.1, 0.15) is 0 Å². The highest BCUT2D eigenvalue weighted by molar-refractivity contribution is 7.84. The molecule has 0 saturated heterocycles. The van der Waals surface area contributed by atoms with E-state index in [2.05, 4.69) is 30.7 Å². The van der Waals surface area contributed by atoms with Crippen LogP contribution in [0.3, 0.4) is 0 Å². The highest BCUT2D eigenvalue weighted by Crippen LogP contribution is 2.32. The van der Waals surface area contributed by atoms with Crippen LogP contribution < -0.4 is 10.5 Å². The lowest BCUT2D eigenvalue weighted by Gasteiger charge is -2.28. The Kier molecular flexibility index (Phi) is 5.27. The minimum absolute atomic E-state index is 0.197. The van der Waals surface area contributed by atoms with Crippen molar-refractivity contribution in [1.29, 1.82) is 0 Å². The van der Waals surface area contributed by atoms with Gasteiger partial charge in [-0.1, -0.05) is 36.4 Å². The van der Waals surface area contributed by atoms with Gasteiger partial charge in [-0.2, -0.15) is 0 Å². The zero-order chi connectivity index (χ0) is 17.2. The predicted molar refractivity (Wildman–Crippen MR) is 99.6 cm³/mol. The first kappa shape index (κ1) is 17.7. The Morgan fingerprint density at radius 1 is 1.00 bits per heavy atom. The molecule has 0 saturated carbocycles. The molecule has 0 heterocycles. The summed E-state index contributed by atoms with van der Waals surface area (Å²) < 4.78 is 15.7. The first-order valence-corrected chi connectivity index (χ1v) is 8.95. The van der Waals surface area contributed by atoms with Crippen molar-refractivity contribution in [3.05, 3.63) is 64.7 Å². The number of nitrogens with one attached hydrogen (secondary N) is 1. The van der Waals surface area contributed by atoms with Crippen molar-refractivity contribution < 1.29 is 4.21 Å².